The number of nitrogens with one attached hydrogen (secondary N) is 1. The number of fused-ring (bicyclic) bond motifs is 2. The van der Waals surface area contributed by atoms with Gasteiger partial charge in [0.2, 0.25) is 11.9 Å². The Balaban J connectivity index is 0.756. The number of aromatic hydroxyl groups is 1. The zero-order valence-electron chi connectivity index (χ0n) is 31.6. The molecule has 3 fully saturated rings. The number of anilines is 2. The number of piperazine rings is 1. The molecular weight excluding hydrogens is 687 g/mol. The minimum absolute atomic E-state index is 0.0446. The summed E-state index contributed by atoms with van der Waals surface area (Å²) in [5.74, 6) is 2.18. The number of hydrogen-bond donors (Lipinski definition) is 2. The third kappa shape index (κ3) is 7.20. The van der Waals surface area contributed by atoms with E-state index in [0.29, 0.717) is 37.0 Å². The summed E-state index contributed by atoms with van der Waals surface area (Å²) in [7, 11) is 0. The van der Waals surface area contributed by atoms with Gasteiger partial charge in [-0.15, -0.1) is 0 Å². The number of carbonyl (C=O) groups is 2. The van der Waals surface area contributed by atoms with Crippen molar-refractivity contribution in [1.29, 1.82) is 0 Å². The first-order chi connectivity index (χ1) is 26.9. The molecule has 0 spiro atoms. The van der Waals surface area contributed by atoms with Crippen LogP contribution in [-0.2, 0) is 17.8 Å². The molecule has 0 saturated carbocycles. The van der Waals surface area contributed by atoms with E-state index in [2.05, 4.69) is 75.1 Å². The second-order valence-corrected chi connectivity index (χ2v) is 16.2. The number of benzene rings is 3. The quantitative estimate of drug-likeness (QED) is 0.220. The minimum Gasteiger partial charge on any atom is -0.508 e. The second-order valence-electron chi connectivity index (χ2n) is 16.2. The van der Waals surface area contributed by atoms with Gasteiger partial charge in [-0.1, -0.05) is 43.0 Å². The van der Waals surface area contributed by atoms with Gasteiger partial charge in [0.05, 0.1) is 0 Å². The summed E-state index contributed by atoms with van der Waals surface area (Å²) in [6.45, 7) is 11.4. The van der Waals surface area contributed by atoms with Crippen LogP contribution in [0.15, 0.2) is 91.4 Å². The normalized spacial score (nSPS) is 23.5. The Morgan fingerprint density at radius 3 is 2.33 bits per heavy atom. The van der Waals surface area contributed by atoms with Crippen LogP contribution in [-0.4, -0.2) is 88.5 Å². The summed E-state index contributed by atoms with van der Waals surface area (Å²) in [5.41, 5.74) is 8.59. The molecule has 284 valence electrons. The van der Waals surface area contributed by atoms with Crippen LogP contribution in [0.5, 0.6) is 5.75 Å². The highest BCUT2D eigenvalue weighted by molar-refractivity contribution is 6.01. The van der Waals surface area contributed by atoms with Crippen molar-refractivity contribution in [2.45, 2.75) is 69.4 Å². The van der Waals surface area contributed by atoms with Crippen LogP contribution < -0.4 is 15.1 Å². The fourth-order valence-corrected chi connectivity index (χ4v) is 9.79. The Hall–Kier alpha value is -5.22. The predicted octanol–water partition coefficient (Wildman–Crippen LogP) is 6.22. The van der Waals surface area contributed by atoms with Gasteiger partial charge in [-0.25, -0.2) is 9.97 Å². The third-order valence-electron chi connectivity index (χ3n) is 12.9. The first-order valence-corrected chi connectivity index (χ1v) is 20.2. The SMILES string of the molecule is C=C1CCC(N2Cc3cc(N4CCN(CCC5CCN(c6ncc([C@H]7c8ccc(O)cc8CC[C@H]7c7ccccc7)cn6)CC5)CC4)ccc3C2=O)C(=O)N1. The summed E-state index contributed by atoms with van der Waals surface area (Å²) >= 11 is 0. The van der Waals surface area contributed by atoms with Crippen LogP contribution in [0.3, 0.4) is 0 Å². The number of phenolic OH excluding ortho intramolecular Hbond substituents is 1. The molecule has 0 bridgehead atoms. The molecule has 1 unspecified atom stereocenters. The number of aromatic nitrogens is 2. The van der Waals surface area contributed by atoms with Crippen molar-refractivity contribution in [3.63, 3.8) is 0 Å². The standard InChI is InChI=1S/C45H51N7O3/c1-30-7-14-41(43(54)48-30)52-29-34-25-36(9-12-40(34)44(52)55)50-23-21-49(22-24-50)18-15-31-16-19-51(20-17-31)45-46-27-35(28-47-45)42-38(32-5-3-2-4-6-32)11-8-33-26-37(53)10-13-39(33)42/h2-6,9-10,12-13,25-28,31,38,41-42,53H,1,7-8,11,14-24,29H2,(H,48,54)/t38-,41?,42+/m0/s1. The molecule has 3 saturated heterocycles. The smallest absolute Gasteiger partial charge is 0.255 e. The minimum atomic E-state index is -0.429. The lowest BCUT2D eigenvalue weighted by Gasteiger charge is -2.38. The summed E-state index contributed by atoms with van der Waals surface area (Å²) in [5, 5.41) is 13.0. The number of phenols is 1. The van der Waals surface area contributed by atoms with Crippen molar-refractivity contribution < 1.29 is 14.7 Å². The van der Waals surface area contributed by atoms with Gasteiger partial charge >= 0.3 is 0 Å². The number of hydrogen-bond acceptors (Lipinski definition) is 8. The van der Waals surface area contributed by atoms with Crippen LogP contribution in [0.4, 0.5) is 11.6 Å². The summed E-state index contributed by atoms with van der Waals surface area (Å²) in [6.07, 6.45) is 10.9. The van der Waals surface area contributed by atoms with Crippen molar-refractivity contribution in [2.24, 2.45) is 5.92 Å². The zero-order chi connectivity index (χ0) is 37.5. The van der Waals surface area contributed by atoms with E-state index >= 15 is 0 Å². The number of allylic oxidation sites excluding steroid dienone is 1. The summed E-state index contributed by atoms with van der Waals surface area (Å²) in [6, 6.07) is 22.4. The molecule has 1 aromatic heterocycles. The number of piperidine rings is 2. The Kier molecular flexibility index (Phi) is 9.76. The molecule has 2 N–H and O–H groups in total. The Bertz CT molecular complexity index is 2050. The molecule has 5 heterocycles. The maximum atomic E-state index is 13.2. The van der Waals surface area contributed by atoms with Crippen molar-refractivity contribution in [2.75, 3.05) is 55.6 Å². The van der Waals surface area contributed by atoms with Crippen LogP contribution in [0.2, 0.25) is 0 Å². The third-order valence-corrected chi connectivity index (χ3v) is 12.9. The summed E-state index contributed by atoms with van der Waals surface area (Å²) in [4.78, 5) is 44.8. The lowest BCUT2D eigenvalue weighted by molar-refractivity contribution is -0.126. The first kappa shape index (κ1) is 35.5. The van der Waals surface area contributed by atoms with E-state index in [1.54, 1.807) is 4.90 Å². The molecule has 3 aromatic carbocycles. The summed E-state index contributed by atoms with van der Waals surface area (Å²) < 4.78 is 0. The molecule has 10 heteroatoms. The van der Waals surface area contributed by atoms with Gasteiger partial charge in [0.1, 0.15) is 11.8 Å². The van der Waals surface area contributed by atoms with Gasteiger partial charge in [0, 0.05) is 81.1 Å². The predicted molar refractivity (Wildman–Crippen MR) is 214 cm³/mol. The van der Waals surface area contributed by atoms with E-state index in [1.807, 2.05) is 30.6 Å². The van der Waals surface area contributed by atoms with E-state index < -0.39 is 6.04 Å². The van der Waals surface area contributed by atoms with Gasteiger partial charge in [-0.3, -0.25) is 14.5 Å². The fourth-order valence-electron chi connectivity index (χ4n) is 9.79. The van der Waals surface area contributed by atoms with Crippen molar-refractivity contribution >= 4 is 23.5 Å². The maximum absolute atomic E-state index is 13.2. The Labute approximate surface area is 323 Å². The number of carbonyl (C=O) groups excluding carboxylic acids is 2. The molecule has 5 aliphatic rings. The number of aryl methyl sites for hydroxylation is 1. The van der Waals surface area contributed by atoms with Crippen LogP contribution in [0.25, 0.3) is 0 Å². The average Bonchev–Trinajstić information content (AvgIpc) is 3.55. The number of nitrogens with zero attached hydrogens (tertiary/aromatic N) is 6. The van der Waals surface area contributed by atoms with Gasteiger partial charge in [0.25, 0.3) is 5.91 Å². The van der Waals surface area contributed by atoms with E-state index in [1.165, 1.54) is 23.1 Å². The number of rotatable bonds is 8. The van der Waals surface area contributed by atoms with Gasteiger partial charge in [-0.05, 0) is 121 Å². The van der Waals surface area contributed by atoms with Crippen LogP contribution >= 0.6 is 0 Å². The molecule has 1 aliphatic carbocycles. The molecule has 0 radical (unpaired) electrons. The van der Waals surface area contributed by atoms with E-state index in [-0.39, 0.29) is 17.7 Å². The average molecular weight is 738 g/mol. The van der Waals surface area contributed by atoms with E-state index in [9.17, 15) is 14.7 Å². The van der Waals surface area contributed by atoms with Gasteiger partial charge < -0.3 is 25.1 Å². The Morgan fingerprint density at radius 1 is 0.782 bits per heavy atom. The lowest BCUT2D eigenvalue weighted by atomic mass is 9.70. The van der Waals surface area contributed by atoms with E-state index in [4.69, 9.17) is 9.97 Å². The van der Waals surface area contributed by atoms with E-state index in [0.717, 1.165) is 106 Å². The van der Waals surface area contributed by atoms with Crippen LogP contribution in [0.1, 0.15) is 88.5 Å². The maximum Gasteiger partial charge on any atom is 0.255 e. The zero-order valence-corrected chi connectivity index (χ0v) is 31.6. The van der Waals surface area contributed by atoms with Crippen molar-refractivity contribution in [3.8, 4) is 5.75 Å². The highest BCUT2D eigenvalue weighted by Gasteiger charge is 2.38. The van der Waals surface area contributed by atoms with Gasteiger partial charge in [-0.2, -0.15) is 0 Å². The van der Waals surface area contributed by atoms with Crippen LogP contribution in [0, 0.1) is 5.92 Å². The van der Waals surface area contributed by atoms with Crippen molar-refractivity contribution in [1.82, 2.24) is 25.1 Å². The Morgan fingerprint density at radius 2 is 1.56 bits per heavy atom. The fraction of sp³-hybridized carbons (Fsp3) is 0.422. The van der Waals surface area contributed by atoms with Crippen molar-refractivity contribution in [3.05, 3.63) is 125 Å². The highest BCUT2D eigenvalue weighted by Crippen LogP contribution is 2.47. The first-order valence-electron chi connectivity index (χ1n) is 20.2. The molecule has 3 atom stereocenters. The largest absolute Gasteiger partial charge is 0.508 e. The topological polar surface area (TPSA) is 105 Å². The molecule has 9 rings (SSSR count). The molecule has 10 nitrogen and oxygen atoms in total. The molecular formula is C45H51N7O3. The number of amides is 2. The second kappa shape index (κ2) is 15.1. The molecule has 4 aromatic rings. The highest BCUT2D eigenvalue weighted by atomic mass is 16.3. The lowest BCUT2D eigenvalue weighted by Crippen LogP contribution is -2.49. The molecule has 2 amide bonds. The molecule has 4 aliphatic heterocycles. The monoisotopic (exact) mass is 737 g/mol. The molecule has 55 heavy (non-hydrogen) atoms. The van der Waals surface area contributed by atoms with Gasteiger partial charge in [0.15, 0.2) is 0 Å².